The zero-order valence-corrected chi connectivity index (χ0v) is 13.4. The molecule has 0 N–H and O–H groups in total. The Morgan fingerprint density at radius 3 is 1.79 bits per heavy atom. The number of nitrogens with zero attached hydrogens (tertiary/aromatic N) is 1. The van der Waals surface area contributed by atoms with Gasteiger partial charge in [-0.1, -0.05) is 0 Å². The number of methoxy groups -OCH3 is 1. The second kappa shape index (κ2) is 4.52. The number of fused-ring (bicyclic) bond motifs is 1. The van der Waals surface area contributed by atoms with E-state index >= 15 is 0 Å². The van der Waals surface area contributed by atoms with E-state index in [9.17, 15) is 0 Å². The molecule has 0 saturated carbocycles. The van der Waals surface area contributed by atoms with Crippen molar-refractivity contribution in [1.82, 2.24) is 0 Å². The average molecular weight is 258 g/mol. The Labute approximate surface area is 116 Å². The number of aromatic nitrogens is 1. The molecule has 0 bridgehead atoms. The monoisotopic (exact) mass is 258 g/mol. The second-order valence-corrected chi connectivity index (χ2v) is 5.53. The molecule has 2 heteroatoms. The quantitative estimate of drug-likeness (QED) is 0.713. The highest BCUT2D eigenvalue weighted by atomic mass is 16.5. The van der Waals surface area contributed by atoms with Crippen molar-refractivity contribution in [3.05, 3.63) is 33.5 Å². The third-order valence-corrected chi connectivity index (χ3v) is 4.82. The van der Waals surface area contributed by atoms with Gasteiger partial charge in [0.05, 0.1) is 12.5 Å². The van der Waals surface area contributed by atoms with E-state index in [1.54, 1.807) is 7.11 Å². The molecule has 0 aliphatic rings. The van der Waals surface area contributed by atoms with Crippen LogP contribution in [0.3, 0.4) is 0 Å². The van der Waals surface area contributed by atoms with Crippen LogP contribution in [0, 0.1) is 41.5 Å². The summed E-state index contributed by atoms with van der Waals surface area (Å²) in [6.07, 6.45) is 0. The van der Waals surface area contributed by atoms with Crippen LogP contribution in [0.25, 0.3) is 10.9 Å². The van der Waals surface area contributed by atoms with Crippen LogP contribution in [0.2, 0.25) is 0 Å². The molecular weight excluding hydrogens is 234 g/mol. The van der Waals surface area contributed by atoms with Gasteiger partial charge in [0.1, 0.15) is 7.05 Å². The molecule has 1 aromatic heterocycles. The normalized spacial score (nSPS) is 11.2. The molecule has 2 rings (SSSR count). The van der Waals surface area contributed by atoms with E-state index in [0.717, 1.165) is 5.75 Å². The van der Waals surface area contributed by atoms with Gasteiger partial charge in [-0.2, -0.15) is 4.57 Å². The molecular formula is C17H24NO+. The predicted octanol–water partition coefficient (Wildman–Crippen LogP) is 3.52. The molecule has 0 radical (unpaired) electrons. The molecule has 0 amide bonds. The fourth-order valence-electron chi connectivity index (χ4n) is 3.01. The topological polar surface area (TPSA) is 13.1 Å². The fraction of sp³-hybridized carbons (Fsp3) is 0.471. The van der Waals surface area contributed by atoms with E-state index in [4.69, 9.17) is 4.74 Å². The number of ether oxygens (including phenoxy) is 1. The van der Waals surface area contributed by atoms with Crippen molar-refractivity contribution in [1.29, 1.82) is 0 Å². The standard InChI is InChI=1S/C17H24NO/c1-9-11(3)15-12(4)10(2)14(6)18(7)16(15)17(19-8)13(9)5/h1-8H3/q+1. The van der Waals surface area contributed by atoms with Gasteiger partial charge in [0, 0.05) is 18.1 Å². The maximum atomic E-state index is 5.70. The first kappa shape index (κ1) is 13.9. The summed E-state index contributed by atoms with van der Waals surface area (Å²) in [5.41, 5.74) is 9.17. The number of aryl methyl sites for hydroxylation is 3. The fourth-order valence-corrected chi connectivity index (χ4v) is 3.01. The lowest BCUT2D eigenvalue weighted by atomic mass is 9.92. The Balaban J connectivity index is 3.21. The first-order valence-corrected chi connectivity index (χ1v) is 6.76. The number of hydrogen-bond donors (Lipinski definition) is 0. The van der Waals surface area contributed by atoms with E-state index in [-0.39, 0.29) is 0 Å². The van der Waals surface area contributed by atoms with Gasteiger partial charge in [0.2, 0.25) is 0 Å². The van der Waals surface area contributed by atoms with Gasteiger partial charge in [-0.05, 0) is 51.3 Å². The lowest BCUT2D eigenvalue weighted by Gasteiger charge is -2.17. The van der Waals surface area contributed by atoms with Crippen molar-refractivity contribution < 1.29 is 9.30 Å². The minimum absolute atomic E-state index is 1.01. The molecule has 0 saturated heterocycles. The lowest BCUT2D eigenvalue weighted by Crippen LogP contribution is -2.35. The third-order valence-electron chi connectivity index (χ3n) is 4.82. The van der Waals surface area contributed by atoms with Crippen molar-refractivity contribution in [2.24, 2.45) is 7.05 Å². The molecule has 102 valence electrons. The number of benzene rings is 1. The molecule has 0 unspecified atom stereocenters. The number of hydrogen-bond acceptors (Lipinski definition) is 1. The van der Waals surface area contributed by atoms with Gasteiger partial charge in [0.25, 0.3) is 5.52 Å². The Morgan fingerprint density at radius 1 is 0.737 bits per heavy atom. The molecule has 0 spiro atoms. The second-order valence-electron chi connectivity index (χ2n) is 5.53. The summed E-state index contributed by atoms with van der Waals surface area (Å²) in [4.78, 5) is 0. The first-order valence-electron chi connectivity index (χ1n) is 6.76. The molecule has 1 aromatic carbocycles. The van der Waals surface area contributed by atoms with Crippen molar-refractivity contribution in [3.8, 4) is 5.75 Å². The molecule has 0 aliphatic carbocycles. The van der Waals surface area contributed by atoms with Crippen LogP contribution in [0.4, 0.5) is 0 Å². The maximum Gasteiger partial charge on any atom is 0.255 e. The zero-order chi connectivity index (χ0) is 14.5. The highest BCUT2D eigenvalue weighted by Gasteiger charge is 2.24. The van der Waals surface area contributed by atoms with E-state index in [1.165, 1.54) is 44.4 Å². The van der Waals surface area contributed by atoms with Gasteiger partial charge in [-0.25, -0.2) is 0 Å². The predicted molar refractivity (Wildman–Crippen MR) is 80.1 cm³/mol. The zero-order valence-electron chi connectivity index (χ0n) is 13.4. The van der Waals surface area contributed by atoms with Crippen LogP contribution in [0.1, 0.15) is 33.5 Å². The smallest absolute Gasteiger partial charge is 0.255 e. The minimum Gasteiger partial charge on any atom is -0.490 e. The Kier molecular flexibility index (Phi) is 3.29. The molecule has 19 heavy (non-hydrogen) atoms. The van der Waals surface area contributed by atoms with E-state index in [2.05, 4.69) is 53.2 Å². The summed E-state index contributed by atoms with van der Waals surface area (Å²) in [6.45, 7) is 13.1. The molecule has 2 nitrogen and oxygen atoms in total. The van der Waals surface area contributed by atoms with Crippen molar-refractivity contribution in [2.75, 3.05) is 7.11 Å². The van der Waals surface area contributed by atoms with Gasteiger partial charge >= 0.3 is 0 Å². The minimum atomic E-state index is 1.01. The SMILES string of the molecule is COc1c(C)c(C)c(C)c2c(C)c(C)c(C)[n+](C)c12. The summed E-state index contributed by atoms with van der Waals surface area (Å²) >= 11 is 0. The van der Waals surface area contributed by atoms with Crippen LogP contribution >= 0.6 is 0 Å². The molecule has 0 fully saturated rings. The van der Waals surface area contributed by atoms with Crippen molar-refractivity contribution in [2.45, 2.75) is 41.5 Å². The van der Waals surface area contributed by atoms with Crippen LogP contribution in [0.5, 0.6) is 5.75 Å². The molecule has 2 aromatic rings. The van der Waals surface area contributed by atoms with Gasteiger partial charge in [-0.15, -0.1) is 0 Å². The molecule has 0 aliphatic heterocycles. The van der Waals surface area contributed by atoms with Gasteiger partial charge in [-0.3, -0.25) is 0 Å². The van der Waals surface area contributed by atoms with Crippen molar-refractivity contribution >= 4 is 10.9 Å². The Hall–Kier alpha value is -1.57. The summed E-state index contributed by atoms with van der Waals surface area (Å²) in [5.74, 6) is 1.01. The molecule has 1 heterocycles. The average Bonchev–Trinajstić information content (AvgIpc) is 2.40. The highest BCUT2D eigenvalue weighted by Crippen LogP contribution is 2.36. The summed E-state index contributed by atoms with van der Waals surface area (Å²) in [5, 5.41) is 1.34. The van der Waals surface area contributed by atoms with Gasteiger partial charge in [0.15, 0.2) is 11.4 Å². The third kappa shape index (κ3) is 1.73. The number of rotatable bonds is 1. The Morgan fingerprint density at radius 2 is 1.26 bits per heavy atom. The van der Waals surface area contributed by atoms with Crippen molar-refractivity contribution in [3.63, 3.8) is 0 Å². The lowest BCUT2D eigenvalue weighted by molar-refractivity contribution is -0.651. The first-order chi connectivity index (χ1) is 8.82. The molecule has 0 atom stereocenters. The largest absolute Gasteiger partial charge is 0.490 e. The maximum absolute atomic E-state index is 5.70. The van der Waals surface area contributed by atoms with Crippen LogP contribution < -0.4 is 9.30 Å². The number of pyridine rings is 1. The highest BCUT2D eigenvalue weighted by molar-refractivity contribution is 5.91. The van der Waals surface area contributed by atoms with E-state index in [0.29, 0.717) is 0 Å². The summed E-state index contributed by atoms with van der Waals surface area (Å²) in [6, 6.07) is 0. The van der Waals surface area contributed by atoms with Crippen LogP contribution in [0.15, 0.2) is 0 Å². The van der Waals surface area contributed by atoms with E-state index in [1.807, 2.05) is 0 Å². The van der Waals surface area contributed by atoms with Crippen LogP contribution in [-0.2, 0) is 7.05 Å². The summed E-state index contributed by atoms with van der Waals surface area (Å²) in [7, 11) is 3.89. The Bertz CT molecular complexity index is 676. The van der Waals surface area contributed by atoms with Gasteiger partial charge < -0.3 is 4.74 Å². The van der Waals surface area contributed by atoms with Crippen LogP contribution in [-0.4, -0.2) is 7.11 Å². The van der Waals surface area contributed by atoms with E-state index < -0.39 is 0 Å². The summed E-state index contributed by atoms with van der Waals surface area (Å²) < 4.78 is 7.96.